The summed E-state index contributed by atoms with van der Waals surface area (Å²) in [6, 6.07) is 8.39. The van der Waals surface area contributed by atoms with Gasteiger partial charge >= 0.3 is 5.63 Å². The van der Waals surface area contributed by atoms with E-state index in [1.165, 1.54) is 13.2 Å². The average Bonchev–Trinajstić information content (AvgIpc) is 2.78. The van der Waals surface area contributed by atoms with Gasteiger partial charge in [0.25, 0.3) is 0 Å². The summed E-state index contributed by atoms with van der Waals surface area (Å²) in [4.78, 5) is 12.6. The molecule has 0 aliphatic carbocycles. The summed E-state index contributed by atoms with van der Waals surface area (Å²) in [5.74, 6) is 0.754. The molecular formula is C23H26O9. The highest BCUT2D eigenvalue weighted by Crippen LogP contribution is 2.38. The third kappa shape index (κ3) is 3.72. The van der Waals surface area contributed by atoms with Gasteiger partial charge in [-0.2, -0.15) is 0 Å². The van der Waals surface area contributed by atoms with E-state index >= 15 is 0 Å². The predicted molar refractivity (Wildman–Crippen MR) is 115 cm³/mol. The van der Waals surface area contributed by atoms with Gasteiger partial charge in [0.2, 0.25) is 6.29 Å². The van der Waals surface area contributed by atoms with Crippen LogP contribution < -0.4 is 15.1 Å². The normalized spacial score (nSPS) is 26.1. The fourth-order valence-corrected chi connectivity index (χ4v) is 4.07. The van der Waals surface area contributed by atoms with Gasteiger partial charge in [0.15, 0.2) is 0 Å². The number of ether oxygens (including phenoxy) is 3. The molecule has 9 nitrogen and oxygen atoms in total. The van der Waals surface area contributed by atoms with Crippen molar-refractivity contribution < 1.29 is 39.1 Å². The molecule has 5 atom stereocenters. The first-order valence-corrected chi connectivity index (χ1v) is 10.3. The summed E-state index contributed by atoms with van der Waals surface area (Å²) in [5, 5.41) is 41.4. The molecule has 2 aromatic carbocycles. The number of hydrogen-bond donors (Lipinski definition) is 4. The number of aliphatic hydroxyl groups is 4. The Bertz CT molecular complexity index is 1180. The van der Waals surface area contributed by atoms with Gasteiger partial charge < -0.3 is 39.1 Å². The van der Waals surface area contributed by atoms with Crippen LogP contribution >= 0.6 is 0 Å². The van der Waals surface area contributed by atoms with Crippen molar-refractivity contribution in [3.8, 4) is 11.5 Å². The smallest absolute Gasteiger partial charge is 0.344 e. The van der Waals surface area contributed by atoms with E-state index in [1.807, 2.05) is 13.8 Å². The Labute approximate surface area is 183 Å². The highest BCUT2D eigenvalue weighted by molar-refractivity contribution is 6.09. The van der Waals surface area contributed by atoms with E-state index in [1.54, 1.807) is 24.3 Å². The minimum absolute atomic E-state index is 0.00309. The number of benzene rings is 2. The second kappa shape index (κ2) is 8.68. The lowest BCUT2D eigenvalue weighted by molar-refractivity contribution is -0.277. The molecule has 3 aromatic rings. The summed E-state index contributed by atoms with van der Waals surface area (Å²) in [6.07, 6.45) is -7.08. The van der Waals surface area contributed by atoms with Crippen molar-refractivity contribution >= 4 is 21.7 Å². The van der Waals surface area contributed by atoms with Crippen molar-refractivity contribution in [2.45, 2.75) is 50.5 Å². The second-order valence-electron chi connectivity index (χ2n) is 8.13. The highest BCUT2D eigenvalue weighted by atomic mass is 16.7. The molecule has 1 aliphatic rings. The molecule has 1 saturated heterocycles. The van der Waals surface area contributed by atoms with Crippen molar-refractivity contribution in [2.75, 3.05) is 13.7 Å². The molecule has 2 heterocycles. The summed E-state index contributed by atoms with van der Waals surface area (Å²) in [5.41, 5.74) is 0.532. The van der Waals surface area contributed by atoms with E-state index in [0.717, 1.165) is 5.56 Å². The van der Waals surface area contributed by atoms with E-state index in [9.17, 15) is 25.2 Å². The van der Waals surface area contributed by atoms with Crippen molar-refractivity contribution in [3.05, 3.63) is 46.3 Å². The van der Waals surface area contributed by atoms with Gasteiger partial charge in [-0.25, -0.2) is 4.79 Å². The molecule has 172 valence electrons. The van der Waals surface area contributed by atoms with Crippen LogP contribution in [0.5, 0.6) is 11.5 Å². The Hall–Kier alpha value is -2.69. The number of aliphatic hydroxyl groups excluding tert-OH is 4. The van der Waals surface area contributed by atoms with Crippen LogP contribution in [0.25, 0.3) is 21.7 Å². The molecule has 4 rings (SSSR count). The molecule has 0 bridgehead atoms. The number of methoxy groups -OCH3 is 1. The van der Waals surface area contributed by atoms with E-state index in [4.69, 9.17) is 18.6 Å². The number of hydrogen-bond acceptors (Lipinski definition) is 9. The van der Waals surface area contributed by atoms with Gasteiger partial charge in [0.05, 0.1) is 19.1 Å². The first kappa shape index (κ1) is 22.5. The van der Waals surface area contributed by atoms with Gasteiger partial charge in [0, 0.05) is 16.8 Å². The van der Waals surface area contributed by atoms with Gasteiger partial charge in [-0.05, 0) is 29.7 Å². The summed E-state index contributed by atoms with van der Waals surface area (Å²) in [7, 11) is 1.53. The number of fused-ring (bicyclic) bond motifs is 3. The third-order valence-electron chi connectivity index (χ3n) is 5.75. The molecule has 4 N–H and O–H groups in total. The molecule has 0 spiro atoms. The van der Waals surface area contributed by atoms with Crippen molar-refractivity contribution in [3.63, 3.8) is 0 Å². The molecule has 1 fully saturated rings. The maximum absolute atomic E-state index is 12.6. The third-order valence-corrected chi connectivity index (χ3v) is 5.75. The quantitative estimate of drug-likeness (QED) is 0.337. The maximum Gasteiger partial charge on any atom is 0.344 e. The van der Waals surface area contributed by atoms with Gasteiger partial charge in [0.1, 0.15) is 41.5 Å². The standard InChI is InChI=1S/C23H26O9/c1-10(2)13-7-11(30-23-21(27)20(26)19(25)16(9-24)32-23)8-15-18(13)17-12(22(28)31-15)5-4-6-14(17)29-3/h4-8,10,16,19-21,23-27H,9H2,1-3H3/t16-,19-,20+,21-,23-/m1/s1. The van der Waals surface area contributed by atoms with Crippen LogP contribution in [-0.4, -0.2) is 64.8 Å². The van der Waals surface area contributed by atoms with Gasteiger partial charge in [-0.15, -0.1) is 0 Å². The van der Waals surface area contributed by atoms with Crippen LogP contribution in [0.2, 0.25) is 0 Å². The van der Waals surface area contributed by atoms with Crippen LogP contribution in [0, 0.1) is 0 Å². The molecule has 0 radical (unpaired) electrons. The lowest BCUT2D eigenvalue weighted by Gasteiger charge is -2.39. The largest absolute Gasteiger partial charge is 0.496 e. The summed E-state index contributed by atoms with van der Waals surface area (Å²) < 4.78 is 22.3. The zero-order valence-electron chi connectivity index (χ0n) is 17.9. The topological polar surface area (TPSA) is 139 Å². The summed E-state index contributed by atoms with van der Waals surface area (Å²) in [6.45, 7) is 3.37. The Morgan fingerprint density at radius 1 is 1.06 bits per heavy atom. The average molecular weight is 446 g/mol. The molecule has 1 aliphatic heterocycles. The van der Waals surface area contributed by atoms with Crippen molar-refractivity contribution in [1.29, 1.82) is 0 Å². The Balaban J connectivity index is 1.86. The fraction of sp³-hybridized carbons (Fsp3) is 0.435. The van der Waals surface area contributed by atoms with E-state index in [2.05, 4.69) is 0 Å². The molecular weight excluding hydrogens is 420 g/mol. The van der Waals surface area contributed by atoms with Crippen LogP contribution in [0.1, 0.15) is 25.3 Å². The minimum Gasteiger partial charge on any atom is -0.496 e. The molecule has 0 amide bonds. The first-order chi connectivity index (χ1) is 15.3. The van der Waals surface area contributed by atoms with Crippen LogP contribution in [0.3, 0.4) is 0 Å². The zero-order valence-corrected chi connectivity index (χ0v) is 17.9. The van der Waals surface area contributed by atoms with Crippen LogP contribution in [0.15, 0.2) is 39.5 Å². The zero-order chi connectivity index (χ0) is 23.2. The maximum atomic E-state index is 12.6. The van der Waals surface area contributed by atoms with E-state index < -0.39 is 42.9 Å². The van der Waals surface area contributed by atoms with E-state index in [-0.39, 0.29) is 17.3 Å². The Morgan fingerprint density at radius 3 is 2.47 bits per heavy atom. The lowest BCUT2D eigenvalue weighted by Crippen LogP contribution is -2.60. The summed E-state index contributed by atoms with van der Waals surface area (Å²) >= 11 is 0. The van der Waals surface area contributed by atoms with Crippen LogP contribution in [-0.2, 0) is 4.74 Å². The second-order valence-corrected chi connectivity index (χ2v) is 8.13. The van der Waals surface area contributed by atoms with E-state index in [0.29, 0.717) is 21.9 Å². The molecule has 9 heteroatoms. The Kier molecular flexibility index (Phi) is 6.11. The fourth-order valence-electron chi connectivity index (χ4n) is 4.07. The highest BCUT2D eigenvalue weighted by Gasteiger charge is 2.44. The predicted octanol–water partition coefficient (Wildman–Crippen LogP) is 1.26. The Morgan fingerprint density at radius 2 is 1.81 bits per heavy atom. The molecule has 0 saturated carbocycles. The first-order valence-electron chi connectivity index (χ1n) is 10.3. The minimum atomic E-state index is -1.57. The van der Waals surface area contributed by atoms with Crippen molar-refractivity contribution in [1.82, 2.24) is 0 Å². The molecule has 32 heavy (non-hydrogen) atoms. The van der Waals surface area contributed by atoms with Crippen molar-refractivity contribution in [2.24, 2.45) is 0 Å². The van der Waals surface area contributed by atoms with Gasteiger partial charge in [-0.3, -0.25) is 0 Å². The SMILES string of the molecule is COc1cccc2c(=O)oc3cc(O[C@@H]4O[C@H](CO)[C@@H](O)[C@H](O)[C@H]4O)cc(C(C)C)c3c12. The van der Waals surface area contributed by atoms with Crippen LogP contribution in [0.4, 0.5) is 0 Å². The molecule has 1 aromatic heterocycles. The molecule has 0 unspecified atom stereocenters. The number of rotatable bonds is 5. The monoisotopic (exact) mass is 446 g/mol. The lowest BCUT2D eigenvalue weighted by atomic mass is 9.94. The van der Waals surface area contributed by atoms with Gasteiger partial charge in [-0.1, -0.05) is 19.9 Å².